The van der Waals surface area contributed by atoms with E-state index in [0.29, 0.717) is 0 Å². The summed E-state index contributed by atoms with van der Waals surface area (Å²) in [7, 11) is 0. The third-order valence-corrected chi connectivity index (χ3v) is 4.31. The molecule has 11 nitrogen and oxygen atoms in total. The summed E-state index contributed by atoms with van der Waals surface area (Å²) in [6.07, 6.45) is -0.684. The van der Waals surface area contributed by atoms with E-state index in [1.807, 2.05) is 6.07 Å². The Balaban J connectivity index is 1.76. The molecule has 180 valence electrons. The van der Waals surface area contributed by atoms with Gasteiger partial charge in [-0.25, -0.2) is 9.59 Å². The van der Waals surface area contributed by atoms with Gasteiger partial charge in [0.15, 0.2) is 6.61 Å². The van der Waals surface area contributed by atoms with E-state index >= 15 is 0 Å². The van der Waals surface area contributed by atoms with Gasteiger partial charge in [0.25, 0.3) is 5.91 Å². The van der Waals surface area contributed by atoms with Crippen LogP contribution in [0.5, 0.6) is 0 Å². The van der Waals surface area contributed by atoms with Crippen LogP contribution in [-0.4, -0.2) is 55.5 Å². The summed E-state index contributed by atoms with van der Waals surface area (Å²) in [6, 6.07) is 16.7. The molecule has 1 atom stereocenters. The average Bonchev–Trinajstić information content (AvgIpc) is 2.84. The summed E-state index contributed by atoms with van der Waals surface area (Å²) in [6.45, 7) is -1.43. The summed E-state index contributed by atoms with van der Waals surface area (Å²) in [5.41, 5.74) is 6.52. The quantitative estimate of drug-likeness (QED) is 0.311. The number of amides is 4. The number of alkyl carbamates (subject to hydrolysis) is 1. The Kier molecular flexibility index (Phi) is 10.6. The molecule has 0 aliphatic carbocycles. The fourth-order valence-corrected chi connectivity index (χ4v) is 2.70. The van der Waals surface area contributed by atoms with Crippen LogP contribution in [-0.2, 0) is 41.7 Å². The smallest absolute Gasteiger partial charge is 0.407 e. The Hall–Kier alpha value is -4.41. The molecule has 0 aliphatic rings. The highest BCUT2D eigenvalue weighted by Crippen LogP contribution is 2.05. The number of primary amides is 1. The minimum absolute atomic E-state index is 0.0470. The Morgan fingerprint density at radius 2 is 1.35 bits per heavy atom. The van der Waals surface area contributed by atoms with Gasteiger partial charge in [-0.15, -0.1) is 0 Å². The van der Waals surface area contributed by atoms with Gasteiger partial charge in [0.05, 0.1) is 6.54 Å². The topological polar surface area (TPSA) is 166 Å². The van der Waals surface area contributed by atoms with Crippen LogP contribution < -0.4 is 21.7 Å². The molecule has 2 rings (SSSR count). The Morgan fingerprint density at radius 1 is 0.765 bits per heavy atom. The van der Waals surface area contributed by atoms with Gasteiger partial charge in [0, 0.05) is 6.42 Å². The highest BCUT2D eigenvalue weighted by molar-refractivity contribution is 5.90. The molecule has 2 aromatic carbocycles. The number of carbonyl (C=O) groups is 5. The zero-order valence-electron chi connectivity index (χ0n) is 18.3. The molecule has 11 heteroatoms. The SMILES string of the molecule is NC(=O)COC(=O)[C@H](Cc1ccccc1)NC(=O)CNC(=O)CNC(=O)OCc1ccccc1. The molecule has 0 spiro atoms. The number of benzene rings is 2. The number of hydrogen-bond acceptors (Lipinski definition) is 7. The maximum atomic E-state index is 12.3. The van der Waals surface area contributed by atoms with Gasteiger partial charge >= 0.3 is 12.1 Å². The molecule has 0 unspecified atom stereocenters. The van der Waals surface area contributed by atoms with Gasteiger partial charge in [0.2, 0.25) is 11.8 Å². The van der Waals surface area contributed by atoms with Gasteiger partial charge < -0.3 is 31.2 Å². The largest absolute Gasteiger partial charge is 0.454 e. The molecular weight excluding hydrogens is 444 g/mol. The van der Waals surface area contributed by atoms with Gasteiger partial charge in [-0.2, -0.15) is 0 Å². The molecule has 0 bridgehead atoms. The van der Waals surface area contributed by atoms with Crippen molar-refractivity contribution >= 4 is 29.8 Å². The van der Waals surface area contributed by atoms with Crippen molar-refractivity contribution in [1.29, 1.82) is 0 Å². The molecule has 5 N–H and O–H groups in total. The van der Waals surface area contributed by atoms with Crippen LogP contribution in [0.4, 0.5) is 4.79 Å². The fourth-order valence-electron chi connectivity index (χ4n) is 2.70. The number of rotatable bonds is 12. The molecule has 0 heterocycles. The predicted molar refractivity (Wildman–Crippen MR) is 120 cm³/mol. The number of esters is 1. The average molecular weight is 470 g/mol. The standard InChI is InChI=1S/C23H26N4O7/c24-19(28)15-33-22(31)18(11-16-7-3-1-4-8-16)27-21(30)13-25-20(29)12-26-23(32)34-14-17-9-5-2-6-10-17/h1-10,18H,11-15H2,(H2,24,28)(H,25,29)(H,26,32)(H,27,30)/t18-/m0/s1. The first-order chi connectivity index (χ1) is 16.3. The van der Waals surface area contributed by atoms with Gasteiger partial charge in [-0.3, -0.25) is 14.4 Å². The summed E-state index contributed by atoms with van der Waals surface area (Å²) < 4.78 is 9.79. The first-order valence-electron chi connectivity index (χ1n) is 10.3. The number of hydrogen-bond donors (Lipinski definition) is 4. The van der Waals surface area contributed by atoms with Crippen molar-refractivity contribution in [2.45, 2.75) is 19.1 Å². The van der Waals surface area contributed by atoms with Gasteiger partial charge in [-0.1, -0.05) is 60.7 Å². The van der Waals surface area contributed by atoms with E-state index in [1.165, 1.54) is 0 Å². The Morgan fingerprint density at radius 3 is 1.97 bits per heavy atom. The third kappa shape index (κ3) is 10.3. The van der Waals surface area contributed by atoms with Crippen LogP contribution in [0, 0.1) is 0 Å². The zero-order chi connectivity index (χ0) is 24.8. The molecular formula is C23H26N4O7. The molecule has 2 aromatic rings. The second-order valence-electron chi connectivity index (χ2n) is 7.08. The lowest BCUT2D eigenvalue weighted by Gasteiger charge is -2.18. The molecule has 0 saturated heterocycles. The van der Waals surface area contributed by atoms with Crippen LogP contribution in [0.25, 0.3) is 0 Å². The summed E-state index contributed by atoms with van der Waals surface area (Å²) in [4.78, 5) is 59.0. The van der Waals surface area contributed by atoms with Crippen molar-refractivity contribution in [1.82, 2.24) is 16.0 Å². The highest BCUT2D eigenvalue weighted by atomic mass is 16.5. The molecule has 34 heavy (non-hydrogen) atoms. The second-order valence-corrected chi connectivity index (χ2v) is 7.08. The molecule has 0 radical (unpaired) electrons. The number of ether oxygens (including phenoxy) is 2. The van der Waals surface area contributed by atoms with E-state index in [9.17, 15) is 24.0 Å². The van der Waals surface area contributed by atoms with E-state index in [2.05, 4.69) is 16.0 Å². The van der Waals surface area contributed by atoms with Crippen LogP contribution in [0.1, 0.15) is 11.1 Å². The summed E-state index contributed by atoms with van der Waals surface area (Å²) >= 11 is 0. The van der Waals surface area contributed by atoms with E-state index in [0.717, 1.165) is 11.1 Å². The lowest BCUT2D eigenvalue weighted by molar-refractivity contribution is -0.151. The van der Waals surface area contributed by atoms with Crippen LogP contribution >= 0.6 is 0 Å². The zero-order valence-corrected chi connectivity index (χ0v) is 18.3. The van der Waals surface area contributed by atoms with Crippen molar-refractivity contribution < 1.29 is 33.4 Å². The Bertz CT molecular complexity index is 983. The van der Waals surface area contributed by atoms with Gasteiger partial charge in [0.1, 0.15) is 19.2 Å². The van der Waals surface area contributed by atoms with E-state index in [4.69, 9.17) is 15.2 Å². The minimum atomic E-state index is -1.10. The van der Waals surface area contributed by atoms with Crippen LogP contribution in [0.2, 0.25) is 0 Å². The molecule has 0 aromatic heterocycles. The van der Waals surface area contributed by atoms with E-state index in [-0.39, 0.29) is 13.0 Å². The van der Waals surface area contributed by atoms with Crippen LogP contribution in [0.3, 0.4) is 0 Å². The van der Waals surface area contributed by atoms with Crippen molar-refractivity contribution in [3.8, 4) is 0 Å². The fraction of sp³-hybridized carbons (Fsp3) is 0.261. The normalized spacial score (nSPS) is 10.9. The van der Waals surface area contributed by atoms with E-state index in [1.54, 1.807) is 54.6 Å². The summed E-state index contributed by atoms with van der Waals surface area (Å²) in [5.74, 6) is -2.98. The first kappa shape index (κ1) is 25.8. The number of nitrogens with two attached hydrogens (primary N) is 1. The summed E-state index contributed by atoms with van der Waals surface area (Å²) in [5, 5.41) is 7.05. The van der Waals surface area contributed by atoms with Crippen LogP contribution in [0.15, 0.2) is 60.7 Å². The maximum Gasteiger partial charge on any atom is 0.407 e. The van der Waals surface area contributed by atoms with Crippen molar-refractivity contribution in [3.05, 3.63) is 71.8 Å². The molecule has 0 aliphatic heterocycles. The highest BCUT2D eigenvalue weighted by Gasteiger charge is 2.23. The molecule has 4 amide bonds. The maximum absolute atomic E-state index is 12.3. The van der Waals surface area contributed by atoms with Crippen molar-refractivity contribution in [3.63, 3.8) is 0 Å². The second kappa shape index (κ2) is 13.9. The van der Waals surface area contributed by atoms with Crippen molar-refractivity contribution in [2.24, 2.45) is 5.73 Å². The minimum Gasteiger partial charge on any atom is -0.454 e. The van der Waals surface area contributed by atoms with Crippen molar-refractivity contribution in [2.75, 3.05) is 19.7 Å². The third-order valence-electron chi connectivity index (χ3n) is 4.31. The lowest BCUT2D eigenvalue weighted by Crippen LogP contribution is -2.48. The monoisotopic (exact) mass is 470 g/mol. The Labute approximate surface area is 196 Å². The predicted octanol–water partition coefficient (Wildman–Crippen LogP) is -0.215. The number of nitrogens with one attached hydrogen (secondary N) is 3. The van der Waals surface area contributed by atoms with E-state index < -0.39 is 55.5 Å². The molecule has 0 saturated carbocycles. The molecule has 0 fully saturated rings. The number of carbonyl (C=O) groups excluding carboxylic acids is 5. The lowest BCUT2D eigenvalue weighted by atomic mass is 10.1. The van der Waals surface area contributed by atoms with Gasteiger partial charge in [-0.05, 0) is 11.1 Å². The first-order valence-corrected chi connectivity index (χ1v) is 10.3.